The molecule has 0 unspecified atom stereocenters. The third kappa shape index (κ3) is 4.89. The number of rotatable bonds is 5. The van der Waals surface area contributed by atoms with E-state index in [9.17, 15) is 0 Å². The lowest BCUT2D eigenvalue weighted by atomic mass is 10.2. The second-order valence-corrected chi connectivity index (χ2v) is 17.6. The van der Waals surface area contributed by atoms with Crippen LogP contribution < -0.4 is 35.0 Å². The van der Waals surface area contributed by atoms with Crippen LogP contribution in [0, 0.1) is 0 Å². The van der Waals surface area contributed by atoms with Crippen LogP contribution in [0.1, 0.15) is 13.8 Å². The largest absolute Gasteiger partial charge is 0.450 e. The fourth-order valence-electron chi connectivity index (χ4n) is 8.10. The molecule has 1 aliphatic heterocycles. The highest BCUT2D eigenvalue weighted by molar-refractivity contribution is 7.20. The monoisotopic (exact) mass is 705 g/mol. The van der Waals surface area contributed by atoms with Crippen LogP contribution in [0.5, 0.6) is 23.0 Å². The summed E-state index contributed by atoms with van der Waals surface area (Å²) in [5.74, 6) is 2.51. The topological polar surface area (TPSA) is 49.9 Å². The highest BCUT2D eigenvalue weighted by Gasteiger charge is 2.45. The molecule has 256 valence electrons. The number of nitrogens with zero attached hydrogens (tertiary/aromatic N) is 3. The molecule has 0 atom stereocenters. The summed E-state index contributed by atoms with van der Waals surface area (Å²) in [6.45, 7) is 3.88. The van der Waals surface area contributed by atoms with E-state index in [4.69, 9.17) is 19.2 Å². The number of fused-ring (bicyclic) bond motifs is 7. The minimum atomic E-state index is -3.18. The maximum Gasteiger partial charge on any atom is 0.246 e. The maximum atomic E-state index is 7.00. The highest BCUT2D eigenvalue weighted by Crippen LogP contribution is 2.42. The average Bonchev–Trinajstić information content (AvgIpc) is 3.72. The van der Waals surface area contributed by atoms with Crippen LogP contribution in [0.2, 0.25) is 0 Å². The summed E-state index contributed by atoms with van der Waals surface area (Å²) in [5, 5.41) is 4.72. The van der Waals surface area contributed by atoms with E-state index in [0.717, 1.165) is 38.7 Å². The average molecular weight is 706 g/mol. The van der Waals surface area contributed by atoms with Crippen molar-refractivity contribution in [1.29, 1.82) is 0 Å². The van der Waals surface area contributed by atoms with Gasteiger partial charge >= 0.3 is 0 Å². The molecule has 1 aliphatic rings. The third-order valence-corrected chi connectivity index (χ3v) is 15.0. The Labute approximate surface area is 308 Å². The summed E-state index contributed by atoms with van der Waals surface area (Å²) >= 11 is 0. The van der Waals surface area contributed by atoms with Gasteiger partial charge in [-0.05, 0) is 70.2 Å². The summed E-state index contributed by atoms with van der Waals surface area (Å²) < 4.78 is 24.6. The van der Waals surface area contributed by atoms with Crippen molar-refractivity contribution in [3.8, 4) is 28.7 Å². The van der Waals surface area contributed by atoms with Crippen LogP contribution in [0.4, 0.5) is 0 Å². The van der Waals surface area contributed by atoms with E-state index in [2.05, 4.69) is 148 Å². The number of ether oxygens (including phenoxy) is 3. The lowest BCUT2D eigenvalue weighted by Crippen LogP contribution is -2.75. The van der Waals surface area contributed by atoms with Gasteiger partial charge in [-0.3, -0.25) is 8.97 Å². The van der Waals surface area contributed by atoms with Crippen molar-refractivity contribution >= 4 is 56.7 Å². The smallest absolute Gasteiger partial charge is 0.246 e. The van der Waals surface area contributed by atoms with Crippen LogP contribution >= 0.6 is 0 Å². The standard InChI is InChI=1S/C46H35N3O3Si/c1-46(2)51-41-28-14-13-27-40(41)50-44-42(52-46)29-16-30-43(44)53(33-18-5-3-6-19-33,34-20-7-4-8-21-34)35-22-15-17-32(31-35)48-38-25-11-12-26-39(38)49-37-24-10-9-23-36(37)47-45(48)49/h3-31H,1-2H3. The van der Waals surface area contributed by atoms with Gasteiger partial charge in [-0.15, -0.1) is 0 Å². The Balaban J connectivity index is 1.30. The molecule has 0 spiro atoms. The molecule has 9 aromatic rings. The Morgan fingerprint density at radius 3 is 1.83 bits per heavy atom. The zero-order chi connectivity index (χ0) is 35.6. The molecule has 0 bridgehead atoms. The normalized spacial score (nSPS) is 13.7. The molecule has 7 heteroatoms. The second-order valence-electron chi connectivity index (χ2n) is 13.9. The van der Waals surface area contributed by atoms with Gasteiger partial charge in [0.2, 0.25) is 11.6 Å². The van der Waals surface area contributed by atoms with Gasteiger partial charge in [-0.25, -0.2) is 4.98 Å². The van der Waals surface area contributed by atoms with Gasteiger partial charge in [0.25, 0.3) is 0 Å². The predicted molar refractivity (Wildman–Crippen MR) is 215 cm³/mol. The minimum Gasteiger partial charge on any atom is -0.450 e. The van der Waals surface area contributed by atoms with E-state index in [0.29, 0.717) is 23.0 Å². The molecule has 7 aromatic carbocycles. The SMILES string of the molecule is CC1(C)Oc2ccccc2Oc2c(cccc2[Si](c2ccccc2)(c2ccccc2)c2cccc(-n3c4ccccc4n4c5ccccc5nc34)c2)O1. The van der Waals surface area contributed by atoms with Crippen molar-refractivity contribution in [2.24, 2.45) is 0 Å². The van der Waals surface area contributed by atoms with Crippen molar-refractivity contribution in [2.45, 2.75) is 19.6 Å². The van der Waals surface area contributed by atoms with Crippen LogP contribution in [0.25, 0.3) is 33.5 Å². The van der Waals surface area contributed by atoms with Gasteiger partial charge in [0.15, 0.2) is 31.1 Å². The molecule has 0 saturated carbocycles. The first kappa shape index (κ1) is 31.2. The molecular formula is C46H35N3O3Si. The number of hydrogen-bond acceptors (Lipinski definition) is 4. The van der Waals surface area contributed by atoms with Gasteiger partial charge in [-0.1, -0.05) is 121 Å². The van der Waals surface area contributed by atoms with Crippen molar-refractivity contribution < 1.29 is 14.2 Å². The van der Waals surface area contributed by atoms with Crippen molar-refractivity contribution in [1.82, 2.24) is 14.0 Å². The first-order valence-electron chi connectivity index (χ1n) is 17.9. The van der Waals surface area contributed by atoms with Crippen molar-refractivity contribution in [3.05, 3.63) is 176 Å². The number of para-hydroxylation sites is 7. The first-order valence-corrected chi connectivity index (χ1v) is 19.9. The Hall–Kier alpha value is -6.57. The molecule has 53 heavy (non-hydrogen) atoms. The number of hydrogen-bond donors (Lipinski definition) is 0. The molecule has 10 rings (SSSR count). The zero-order valence-corrected chi connectivity index (χ0v) is 30.3. The number of imidazole rings is 2. The van der Waals surface area contributed by atoms with Gasteiger partial charge in [0.05, 0.1) is 22.1 Å². The highest BCUT2D eigenvalue weighted by atomic mass is 28.3. The van der Waals surface area contributed by atoms with E-state index in [-0.39, 0.29) is 0 Å². The molecule has 0 N–H and O–H groups in total. The Kier molecular flexibility index (Phi) is 7.06. The fraction of sp³-hybridized carbons (Fsp3) is 0.0652. The van der Waals surface area contributed by atoms with Gasteiger partial charge in [0, 0.05) is 24.7 Å². The van der Waals surface area contributed by atoms with E-state index in [1.54, 1.807) is 0 Å². The minimum absolute atomic E-state index is 0.627. The Bertz CT molecular complexity index is 2770. The molecule has 0 saturated heterocycles. The number of aromatic nitrogens is 3. The summed E-state index contributed by atoms with van der Waals surface area (Å²) in [6, 6.07) is 61.8. The first-order chi connectivity index (χ1) is 26.0. The second kappa shape index (κ2) is 12.0. The molecule has 0 aliphatic carbocycles. The fourth-order valence-corrected chi connectivity index (χ4v) is 13.0. The van der Waals surface area contributed by atoms with Crippen LogP contribution in [-0.4, -0.2) is 27.8 Å². The van der Waals surface area contributed by atoms with Crippen molar-refractivity contribution in [2.75, 3.05) is 0 Å². The Morgan fingerprint density at radius 1 is 0.509 bits per heavy atom. The lowest BCUT2D eigenvalue weighted by Gasteiger charge is -2.38. The molecule has 3 heterocycles. The zero-order valence-electron chi connectivity index (χ0n) is 29.3. The lowest BCUT2D eigenvalue weighted by molar-refractivity contribution is -0.0859. The maximum absolute atomic E-state index is 7.00. The third-order valence-electron chi connectivity index (χ3n) is 10.2. The molecule has 6 nitrogen and oxygen atoms in total. The van der Waals surface area contributed by atoms with Gasteiger partial charge < -0.3 is 14.2 Å². The Morgan fingerprint density at radius 2 is 1.08 bits per heavy atom. The molecule has 2 aromatic heterocycles. The molecular weight excluding hydrogens is 671 g/mol. The quantitative estimate of drug-likeness (QED) is 0.134. The van der Waals surface area contributed by atoms with E-state index >= 15 is 0 Å². The van der Waals surface area contributed by atoms with E-state index in [1.807, 2.05) is 50.2 Å². The molecule has 0 fully saturated rings. The van der Waals surface area contributed by atoms with E-state index in [1.165, 1.54) is 15.6 Å². The summed E-state index contributed by atoms with van der Waals surface area (Å²) in [4.78, 5) is 5.20. The van der Waals surface area contributed by atoms with Crippen LogP contribution in [0.15, 0.2) is 176 Å². The summed E-state index contributed by atoms with van der Waals surface area (Å²) in [5.41, 5.74) is 5.27. The molecule has 0 amide bonds. The van der Waals surface area contributed by atoms with Gasteiger partial charge in [0.1, 0.15) is 0 Å². The predicted octanol–water partition coefficient (Wildman–Crippen LogP) is 8.11. The van der Waals surface area contributed by atoms with Crippen LogP contribution in [0.3, 0.4) is 0 Å². The van der Waals surface area contributed by atoms with Crippen LogP contribution in [-0.2, 0) is 0 Å². The van der Waals surface area contributed by atoms with Crippen molar-refractivity contribution in [3.63, 3.8) is 0 Å². The summed E-state index contributed by atoms with van der Waals surface area (Å²) in [7, 11) is -3.18. The van der Waals surface area contributed by atoms with Gasteiger partial charge in [-0.2, -0.15) is 0 Å². The number of benzene rings is 7. The van der Waals surface area contributed by atoms with E-state index < -0.39 is 13.9 Å². The summed E-state index contributed by atoms with van der Waals surface area (Å²) in [6.07, 6.45) is 0. The molecule has 0 radical (unpaired) electrons.